The highest BCUT2D eigenvalue weighted by Gasteiger charge is 2.24. The van der Waals surface area contributed by atoms with Gasteiger partial charge in [-0.25, -0.2) is 4.79 Å². The van der Waals surface area contributed by atoms with Crippen molar-refractivity contribution in [3.63, 3.8) is 0 Å². The highest BCUT2D eigenvalue weighted by atomic mass is 16.5. The second kappa shape index (κ2) is 3.38. The number of allylic oxidation sites excluding steroid dienone is 1. The maximum Gasteiger partial charge on any atom is 0.373 e. The fourth-order valence-corrected chi connectivity index (χ4v) is 1.19. The van der Waals surface area contributed by atoms with Gasteiger partial charge >= 0.3 is 5.97 Å². The predicted molar refractivity (Wildman–Crippen MR) is 40.5 cm³/mol. The Kier molecular flexibility index (Phi) is 2.47. The van der Waals surface area contributed by atoms with E-state index in [9.17, 15) is 14.7 Å². The largest absolute Gasteiger partial charge is 0.502 e. The number of esters is 1. The molecular weight excluding hydrogens is 160 g/mol. The number of ether oxygens (including phenoxy) is 1. The lowest BCUT2D eigenvalue weighted by molar-refractivity contribution is -0.139. The van der Waals surface area contributed by atoms with Crippen molar-refractivity contribution in [3.05, 3.63) is 11.3 Å². The SMILES string of the molecule is COC(=O)C(O)=C1CCCC1=O. The normalized spacial score (nSPS) is 20.9. The maximum absolute atomic E-state index is 11.0. The second-order valence-corrected chi connectivity index (χ2v) is 2.60. The van der Waals surface area contributed by atoms with Gasteiger partial charge < -0.3 is 9.84 Å². The molecule has 0 amide bonds. The summed E-state index contributed by atoms with van der Waals surface area (Å²) in [6.07, 6.45) is 1.59. The van der Waals surface area contributed by atoms with Crippen molar-refractivity contribution in [2.24, 2.45) is 0 Å². The van der Waals surface area contributed by atoms with Gasteiger partial charge in [0, 0.05) is 12.0 Å². The molecule has 0 aliphatic heterocycles. The molecule has 4 nitrogen and oxygen atoms in total. The molecular formula is C8H10O4. The Labute approximate surface area is 69.8 Å². The highest BCUT2D eigenvalue weighted by Crippen LogP contribution is 2.22. The van der Waals surface area contributed by atoms with Crippen molar-refractivity contribution in [2.45, 2.75) is 19.3 Å². The maximum atomic E-state index is 11.0. The van der Waals surface area contributed by atoms with Crippen LogP contribution in [0.1, 0.15) is 19.3 Å². The number of ketones is 1. The van der Waals surface area contributed by atoms with Crippen LogP contribution >= 0.6 is 0 Å². The topological polar surface area (TPSA) is 63.6 Å². The van der Waals surface area contributed by atoms with Crippen LogP contribution in [0.15, 0.2) is 11.3 Å². The lowest BCUT2D eigenvalue weighted by Crippen LogP contribution is -2.09. The highest BCUT2D eigenvalue weighted by molar-refractivity contribution is 6.03. The Balaban J connectivity index is 2.88. The number of carbonyl (C=O) groups excluding carboxylic acids is 2. The van der Waals surface area contributed by atoms with Crippen LogP contribution in [-0.2, 0) is 14.3 Å². The van der Waals surface area contributed by atoms with Crippen LogP contribution < -0.4 is 0 Å². The van der Waals surface area contributed by atoms with E-state index in [1.165, 1.54) is 7.11 Å². The Hall–Kier alpha value is -1.32. The van der Waals surface area contributed by atoms with E-state index in [1.807, 2.05) is 0 Å². The molecule has 0 unspecified atom stereocenters. The third-order valence-electron chi connectivity index (χ3n) is 1.83. The van der Waals surface area contributed by atoms with Gasteiger partial charge in [0.2, 0.25) is 5.76 Å². The second-order valence-electron chi connectivity index (χ2n) is 2.60. The van der Waals surface area contributed by atoms with E-state index in [1.54, 1.807) is 0 Å². The molecule has 66 valence electrons. The van der Waals surface area contributed by atoms with E-state index < -0.39 is 11.7 Å². The van der Waals surface area contributed by atoms with Gasteiger partial charge in [0.05, 0.1) is 7.11 Å². The minimum atomic E-state index is -0.833. The molecule has 0 atom stereocenters. The number of hydrogen-bond donors (Lipinski definition) is 1. The van der Waals surface area contributed by atoms with Crippen LogP contribution in [0.5, 0.6) is 0 Å². The first-order valence-corrected chi connectivity index (χ1v) is 3.70. The first kappa shape index (κ1) is 8.77. The van der Waals surface area contributed by atoms with E-state index in [0.29, 0.717) is 19.3 Å². The van der Waals surface area contributed by atoms with Gasteiger partial charge in [-0.3, -0.25) is 4.79 Å². The van der Waals surface area contributed by atoms with E-state index in [2.05, 4.69) is 4.74 Å². The van der Waals surface area contributed by atoms with Crippen LogP contribution in [0.25, 0.3) is 0 Å². The monoisotopic (exact) mass is 170 g/mol. The fraction of sp³-hybridized carbons (Fsp3) is 0.500. The van der Waals surface area contributed by atoms with Crippen LogP contribution in [0.4, 0.5) is 0 Å². The summed E-state index contributed by atoms with van der Waals surface area (Å²) in [6.45, 7) is 0. The lowest BCUT2D eigenvalue weighted by atomic mass is 10.2. The molecule has 0 saturated heterocycles. The molecule has 0 radical (unpaired) electrons. The van der Waals surface area contributed by atoms with Crippen LogP contribution in [-0.4, -0.2) is 24.0 Å². The van der Waals surface area contributed by atoms with E-state index in [4.69, 9.17) is 0 Å². The van der Waals surface area contributed by atoms with Crippen molar-refractivity contribution in [3.8, 4) is 0 Å². The van der Waals surface area contributed by atoms with Crippen LogP contribution in [0, 0.1) is 0 Å². The third kappa shape index (κ3) is 1.47. The quantitative estimate of drug-likeness (QED) is 0.358. The van der Waals surface area contributed by atoms with Gasteiger partial charge in [-0.05, 0) is 12.8 Å². The number of hydrogen-bond acceptors (Lipinski definition) is 4. The molecule has 1 rings (SSSR count). The third-order valence-corrected chi connectivity index (χ3v) is 1.83. The van der Waals surface area contributed by atoms with E-state index in [-0.39, 0.29) is 11.4 Å². The van der Waals surface area contributed by atoms with Gasteiger partial charge in [-0.1, -0.05) is 0 Å². The van der Waals surface area contributed by atoms with Crippen molar-refractivity contribution in [2.75, 3.05) is 7.11 Å². The summed E-state index contributed by atoms with van der Waals surface area (Å²) in [5.41, 5.74) is 0.210. The van der Waals surface area contributed by atoms with Crippen LogP contribution in [0.3, 0.4) is 0 Å². The number of aliphatic hydroxyl groups is 1. The minimum absolute atomic E-state index is 0.155. The summed E-state index contributed by atoms with van der Waals surface area (Å²) in [6, 6.07) is 0. The van der Waals surface area contributed by atoms with Gasteiger partial charge in [0.15, 0.2) is 5.78 Å². The van der Waals surface area contributed by atoms with Crippen molar-refractivity contribution >= 4 is 11.8 Å². The Morgan fingerprint density at radius 1 is 1.50 bits per heavy atom. The molecule has 0 aromatic carbocycles. The summed E-state index contributed by atoms with van der Waals surface area (Å²) >= 11 is 0. The first-order valence-electron chi connectivity index (χ1n) is 3.70. The zero-order valence-electron chi connectivity index (χ0n) is 6.79. The molecule has 0 aromatic rings. The van der Waals surface area contributed by atoms with Gasteiger partial charge in [-0.15, -0.1) is 0 Å². The van der Waals surface area contributed by atoms with Gasteiger partial charge in [-0.2, -0.15) is 0 Å². The molecule has 1 saturated carbocycles. The summed E-state index contributed by atoms with van der Waals surface area (Å²) in [7, 11) is 1.17. The minimum Gasteiger partial charge on any atom is -0.502 e. The zero-order chi connectivity index (χ0) is 9.14. The number of rotatable bonds is 1. The molecule has 1 fully saturated rings. The average Bonchev–Trinajstić information content (AvgIpc) is 2.48. The fourth-order valence-electron chi connectivity index (χ4n) is 1.19. The zero-order valence-corrected chi connectivity index (χ0v) is 6.79. The van der Waals surface area contributed by atoms with E-state index in [0.717, 1.165) is 0 Å². The molecule has 12 heavy (non-hydrogen) atoms. The molecule has 0 spiro atoms. The van der Waals surface area contributed by atoms with E-state index >= 15 is 0 Å². The standard InChI is InChI=1S/C8H10O4/c1-12-8(11)7(10)5-3-2-4-6(5)9/h10H,2-4H2,1H3. The van der Waals surface area contributed by atoms with Gasteiger partial charge in [0.1, 0.15) is 0 Å². The summed E-state index contributed by atoms with van der Waals surface area (Å²) < 4.78 is 4.27. The average molecular weight is 170 g/mol. The summed E-state index contributed by atoms with van der Waals surface area (Å²) in [5.74, 6) is -1.52. The van der Waals surface area contributed by atoms with Crippen molar-refractivity contribution < 1.29 is 19.4 Å². The molecule has 0 bridgehead atoms. The summed E-state index contributed by atoms with van der Waals surface area (Å²) in [5, 5.41) is 9.17. The molecule has 4 heteroatoms. The molecule has 0 aromatic heterocycles. The van der Waals surface area contributed by atoms with Crippen molar-refractivity contribution in [1.82, 2.24) is 0 Å². The summed E-state index contributed by atoms with van der Waals surface area (Å²) in [4.78, 5) is 21.8. The lowest BCUT2D eigenvalue weighted by Gasteiger charge is -1.99. The van der Waals surface area contributed by atoms with Crippen LogP contribution in [0.2, 0.25) is 0 Å². The Morgan fingerprint density at radius 2 is 2.17 bits per heavy atom. The number of methoxy groups -OCH3 is 1. The smallest absolute Gasteiger partial charge is 0.373 e. The Bertz CT molecular complexity index is 252. The van der Waals surface area contributed by atoms with Gasteiger partial charge in [0.25, 0.3) is 0 Å². The molecule has 1 aliphatic carbocycles. The molecule has 1 N–H and O–H groups in total. The Morgan fingerprint density at radius 3 is 2.58 bits per heavy atom. The molecule has 0 heterocycles. The number of carbonyl (C=O) groups is 2. The predicted octanol–water partition coefficient (Wildman–Crippen LogP) is 0.724. The number of Topliss-reactive ketones (excluding diaryl/α,β-unsaturated/α-hetero) is 1. The first-order chi connectivity index (χ1) is 5.66. The molecule has 1 aliphatic rings. The van der Waals surface area contributed by atoms with Crippen molar-refractivity contribution in [1.29, 1.82) is 0 Å². The number of aliphatic hydroxyl groups excluding tert-OH is 1.